The molecule has 0 atom stereocenters. The van der Waals surface area contributed by atoms with Crippen molar-refractivity contribution in [1.29, 1.82) is 0 Å². The zero-order chi connectivity index (χ0) is 17.6. The van der Waals surface area contributed by atoms with Crippen molar-refractivity contribution in [3.05, 3.63) is 89.1 Å². The van der Waals surface area contributed by atoms with Gasteiger partial charge in [-0.25, -0.2) is 4.98 Å². The third kappa shape index (κ3) is 4.23. The van der Waals surface area contributed by atoms with Crippen LogP contribution in [0.25, 0.3) is 0 Å². The summed E-state index contributed by atoms with van der Waals surface area (Å²) >= 11 is 0. The summed E-state index contributed by atoms with van der Waals surface area (Å²) in [7, 11) is 0. The van der Waals surface area contributed by atoms with Crippen LogP contribution in [0.2, 0.25) is 0 Å². The maximum absolute atomic E-state index is 12.6. The number of pyridine rings is 1. The van der Waals surface area contributed by atoms with Crippen molar-refractivity contribution in [2.24, 2.45) is 0 Å². The molecular formula is C21H21N3O. The van der Waals surface area contributed by atoms with E-state index in [1.165, 1.54) is 5.56 Å². The molecule has 0 saturated carbocycles. The van der Waals surface area contributed by atoms with Crippen LogP contribution in [0, 0.1) is 13.8 Å². The molecule has 3 rings (SSSR count). The zero-order valence-electron chi connectivity index (χ0n) is 14.4. The molecule has 0 aliphatic rings. The fourth-order valence-corrected chi connectivity index (χ4v) is 2.54. The van der Waals surface area contributed by atoms with Crippen LogP contribution in [0.4, 0.5) is 11.5 Å². The van der Waals surface area contributed by atoms with E-state index in [0.29, 0.717) is 17.9 Å². The first-order chi connectivity index (χ1) is 12.1. The first-order valence-corrected chi connectivity index (χ1v) is 8.25. The molecule has 0 bridgehead atoms. The third-order valence-corrected chi connectivity index (χ3v) is 4.07. The topological polar surface area (TPSA) is 54.0 Å². The van der Waals surface area contributed by atoms with E-state index in [4.69, 9.17) is 0 Å². The highest BCUT2D eigenvalue weighted by Gasteiger charge is 2.12. The van der Waals surface area contributed by atoms with E-state index in [9.17, 15) is 4.79 Å². The van der Waals surface area contributed by atoms with Crippen LogP contribution in [0.15, 0.2) is 66.9 Å². The molecule has 3 aromatic rings. The van der Waals surface area contributed by atoms with Crippen molar-refractivity contribution in [1.82, 2.24) is 10.3 Å². The van der Waals surface area contributed by atoms with E-state index in [-0.39, 0.29) is 5.91 Å². The van der Waals surface area contributed by atoms with Crippen molar-refractivity contribution < 1.29 is 4.79 Å². The van der Waals surface area contributed by atoms with Gasteiger partial charge in [0.1, 0.15) is 5.82 Å². The summed E-state index contributed by atoms with van der Waals surface area (Å²) in [6.07, 6.45) is 1.68. The Morgan fingerprint density at radius 3 is 2.48 bits per heavy atom. The molecule has 0 fully saturated rings. The molecule has 1 aromatic heterocycles. The number of carbonyl (C=O) groups excluding carboxylic acids is 1. The Hall–Kier alpha value is -3.14. The van der Waals surface area contributed by atoms with Gasteiger partial charge < -0.3 is 10.6 Å². The monoisotopic (exact) mass is 331 g/mol. The number of carbonyl (C=O) groups is 1. The van der Waals surface area contributed by atoms with Gasteiger partial charge >= 0.3 is 0 Å². The molecule has 1 heterocycles. The van der Waals surface area contributed by atoms with E-state index in [2.05, 4.69) is 15.6 Å². The number of hydrogen-bond acceptors (Lipinski definition) is 3. The number of nitrogens with zero attached hydrogens (tertiary/aromatic N) is 1. The third-order valence-electron chi connectivity index (χ3n) is 4.07. The Morgan fingerprint density at radius 2 is 1.72 bits per heavy atom. The number of aryl methyl sites for hydroxylation is 2. The van der Waals surface area contributed by atoms with Gasteiger partial charge in [0, 0.05) is 18.4 Å². The number of nitrogens with one attached hydrogen (secondary N) is 2. The first kappa shape index (κ1) is 16.7. The van der Waals surface area contributed by atoms with Crippen LogP contribution in [0.3, 0.4) is 0 Å². The second-order valence-corrected chi connectivity index (χ2v) is 6.00. The van der Waals surface area contributed by atoms with Crippen LogP contribution in [-0.2, 0) is 6.54 Å². The van der Waals surface area contributed by atoms with Gasteiger partial charge in [-0.15, -0.1) is 0 Å². The Labute approximate surface area is 147 Å². The molecule has 2 aromatic carbocycles. The lowest BCUT2D eigenvalue weighted by Gasteiger charge is -2.12. The number of anilines is 2. The lowest BCUT2D eigenvalue weighted by molar-refractivity contribution is 0.0951. The van der Waals surface area contributed by atoms with Crippen LogP contribution < -0.4 is 10.6 Å². The number of hydrogen-bond donors (Lipinski definition) is 2. The SMILES string of the molecule is Cc1ccc(Nc2ncccc2C(=O)NCc2ccccc2C)cc1. The Balaban J connectivity index is 1.74. The number of benzene rings is 2. The summed E-state index contributed by atoms with van der Waals surface area (Å²) < 4.78 is 0. The minimum Gasteiger partial charge on any atom is -0.348 e. The molecule has 0 radical (unpaired) electrons. The highest BCUT2D eigenvalue weighted by Crippen LogP contribution is 2.19. The molecule has 2 N–H and O–H groups in total. The van der Waals surface area contributed by atoms with Gasteiger partial charge in [0.2, 0.25) is 0 Å². The quantitative estimate of drug-likeness (QED) is 0.730. The predicted molar refractivity (Wildman–Crippen MR) is 101 cm³/mol. The summed E-state index contributed by atoms with van der Waals surface area (Å²) in [5.41, 5.74) is 4.87. The van der Waals surface area contributed by atoms with Gasteiger partial charge in [-0.1, -0.05) is 42.0 Å². The van der Waals surface area contributed by atoms with E-state index >= 15 is 0 Å². The van der Waals surface area contributed by atoms with Gasteiger partial charge in [-0.3, -0.25) is 4.79 Å². The molecule has 4 nitrogen and oxygen atoms in total. The smallest absolute Gasteiger partial charge is 0.255 e. The Morgan fingerprint density at radius 1 is 0.960 bits per heavy atom. The maximum atomic E-state index is 12.6. The molecule has 25 heavy (non-hydrogen) atoms. The van der Waals surface area contributed by atoms with Gasteiger partial charge in [0.15, 0.2) is 0 Å². The van der Waals surface area contributed by atoms with Gasteiger partial charge in [-0.05, 0) is 49.2 Å². The van der Waals surface area contributed by atoms with E-state index < -0.39 is 0 Å². The standard InChI is InChI=1S/C21H21N3O/c1-15-9-11-18(12-10-15)24-20-19(8-5-13-22-20)21(25)23-14-17-7-4-3-6-16(17)2/h3-13H,14H2,1-2H3,(H,22,24)(H,23,25). The zero-order valence-corrected chi connectivity index (χ0v) is 14.4. The molecule has 0 aliphatic carbocycles. The summed E-state index contributed by atoms with van der Waals surface area (Å²) in [5, 5.41) is 6.19. The van der Waals surface area contributed by atoms with Crippen LogP contribution in [0.1, 0.15) is 27.0 Å². The lowest BCUT2D eigenvalue weighted by atomic mass is 10.1. The van der Waals surface area contributed by atoms with Gasteiger partial charge in [0.05, 0.1) is 5.56 Å². The first-order valence-electron chi connectivity index (χ1n) is 8.25. The van der Waals surface area contributed by atoms with Crippen LogP contribution in [0.5, 0.6) is 0 Å². The predicted octanol–water partition coefficient (Wildman–Crippen LogP) is 4.37. The highest BCUT2D eigenvalue weighted by atomic mass is 16.1. The summed E-state index contributed by atoms with van der Waals surface area (Å²) in [4.78, 5) is 16.9. The Kier molecular flexibility index (Phi) is 5.09. The molecule has 0 spiro atoms. The molecule has 4 heteroatoms. The normalized spacial score (nSPS) is 10.3. The minimum absolute atomic E-state index is 0.147. The highest BCUT2D eigenvalue weighted by molar-refractivity contribution is 5.99. The number of aromatic nitrogens is 1. The molecule has 0 unspecified atom stereocenters. The summed E-state index contributed by atoms with van der Waals surface area (Å²) in [6.45, 7) is 4.56. The molecule has 1 amide bonds. The summed E-state index contributed by atoms with van der Waals surface area (Å²) in [6, 6.07) is 19.5. The Bertz CT molecular complexity index is 872. The second kappa shape index (κ2) is 7.62. The average molecular weight is 331 g/mol. The average Bonchev–Trinajstić information content (AvgIpc) is 2.63. The van der Waals surface area contributed by atoms with Crippen LogP contribution in [-0.4, -0.2) is 10.9 Å². The fraction of sp³-hybridized carbons (Fsp3) is 0.143. The van der Waals surface area contributed by atoms with E-state index in [1.807, 2.05) is 62.4 Å². The van der Waals surface area contributed by atoms with Crippen molar-refractivity contribution in [3.63, 3.8) is 0 Å². The molecule has 0 aliphatic heterocycles. The molecule has 126 valence electrons. The molecular weight excluding hydrogens is 310 g/mol. The van der Waals surface area contributed by atoms with Crippen molar-refractivity contribution in [2.75, 3.05) is 5.32 Å². The second-order valence-electron chi connectivity index (χ2n) is 6.00. The minimum atomic E-state index is -0.147. The molecule has 0 saturated heterocycles. The largest absolute Gasteiger partial charge is 0.348 e. The fourth-order valence-electron chi connectivity index (χ4n) is 2.54. The summed E-state index contributed by atoms with van der Waals surface area (Å²) in [5.74, 6) is 0.402. The van der Waals surface area contributed by atoms with Crippen molar-refractivity contribution >= 4 is 17.4 Å². The van der Waals surface area contributed by atoms with E-state index in [0.717, 1.165) is 16.8 Å². The van der Waals surface area contributed by atoms with E-state index in [1.54, 1.807) is 18.3 Å². The maximum Gasteiger partial charge on any atom is 0.255 e. The number of amides is 1. The van der Waals surface area contributed by atoms with Crippen molar-refractivity contribution in [2.45, 2.75) is 20.4 Å². The van der Waals surface area contributed by atoms with Crippen molar-refractivity contribution in [3.8, 4) is 0 Å². The van der Waals surface area contributed by atoms with Gasteiger partial charge in [0.25, 0.3) is 5.91 Å². The van der Waals surface area contributed by atoms with Gasteiger partial charge in [-0.2, -0.15) is 0 Å². The number of rotatable bonds is 5. The lowest BCUT2D eigenvalue weighted by Crippen LogP contribution is -2.24. The van der Waals surface area contributed by atoms with Crippen LogP contribution >= 0.6 is 0 Å².